The normalized spacial score (nSPS) is 14.2. The fraction of sp³-hybridized carbons (Fsp3) is 0.429. The van der Waals surface area contributed by atoms with Gasteiger partial charge in [-0.15, -0.1) is 0 Å². The van der Waals surface area contributed by atoms with Gasteiger partial charge in [0, 0.05) is 67.1 Å². The van der Waals surface area contributed by atoms with E-state index in [2.05, 4.69) is 48.6 Å². The number of aldehydes is 1. The molecule has 16 nitrogen and oxygen atoms in total. The first-order chi connectivity index (χ1) is 32.2. The third kappa shape index (κ3) is 15.4. The summed E-state index contributed by atoms with van der Waals surface area (Å²) in [6, 6.07) is 19.1. The summed E-state index contributed by atoms with van der Waals surface area (Å²) in [6.07, 6.45) is 6.51. The van der Waals surface area contributed by atoms with Gasteiger partial charge in [-0.1, -0.05) is 73.7 Å². The van der Waals surface area contributed by atoms with Crippen LogP contribution in [0.1, 0.15) is 71.8 Å². The third-order valence-electron chi connectivity index (χ3n) is 11.5. The minimum absolute atomic E-state index is 0.0987. The second-order valence-electron chi connectivity index (χ2n) is 16.6. The van der Waals surface area contributed by atoms with Gasteiger partial charge in [0.2, 0.25) is 30.0 Å². The van der Waals surface area contributed by atoms with Crippen LogP contribution in [0.5, 0.6) is 0 Å². The summed E-state index contributed by atoms with van der Waals surface area (Å²) >= 11 is 0. The van der Waals surface area contributed by atoms with Crippen molar-refractivity contribution in [1.82, 2.24) is 46.6 Å². The highest BCUT2D eigenvalue weighted by molar-refractivity contribution is 5.93. The van der Waals surface area contributed by atoms with Crippen LogP contribution in [-0.4, -0.2) is 119 Å². The van der Waals surface area contributed by atoms with Gasteiger partial charge in [-0.3, -0.25) is 24.0 Å². The van der Waals surface area contributed by atoms with Crippen LogP contribution in [0.25, 0.3) is 21.8 Å². The molecular formula is C49H66N10O6. The molecule has 5 atom stereocenters. The van der Waals surface area contributed by atoms with E-state index in [4.69, 9.17) is 8.48 Å². The van der Waals surface area contributed by atoms with Gasteiger partial charge in [-0.2, -0.15) is 0 Å². The minimum Gasteiger partial charge on any atom is -0.368 e. The summed E-state index contributed by atoms with van der Waals surface area (Å²) in [5, 5.41) is 10.2. The monoisotopic (exact) mass is 893 g/mol. The first kappa shape index (κ1) is 46.6. The van der Waals surface area contributed by atoms with Crippen molar-refractivity contribution in [3.8, 4) is 0 Å². The quantitative estimate of drug-likeness (QED) is 0.0200. The van der Waals surface area contributed by atoms with Gasteiger partial charge in [0.05, 0.1) is 12.1 Å². The topological polar surface area (TPSA) is 227 Å². The van der Waals surface area contributed by atoms with Gasteiger partial charge in [0.15, 0.2) is 0 Å². The maximum Gasteiger partial charge on any atom is 0.243 e. The molecule has 0 aliphatic carbocycles. The molecule has 0 spiro atoms. The Hall–Kier alpha value is -6.36. The third-order valence-corrected chi connectivity index (χ3v) is 11.5. The Kier molecular flexibility index (Phi) is 18.5. The van der Waals surface area contributed by atoms with Crippen LogP contribution in [0.2, 0.25) is 0 Å². The van der Waals surface area contributed by atoms with Crippen molar-refractivity contribution in [1.29, 1.82) is 0 Å². The molecule has 348 valence electrons. The van der Waals surface area contributed by atoms with E-state index in [1.54, 1.807) is 26.4 Å². The standard InChI is InChI=1S/C49H66N10O6/c1-4-23-59(26-15-14-24-58(3)33-61)25-13-12-22-43(46(50)62)54-48(64)44(27-35-16-6-5-7-17-35)55-49(65)45(29-37-31-52-42-21-11-9-19-40(37)42)57-56-34(2)47(63)53-38(32-60)28-36-30-51-41-20-10-8-18-39(36)41/h5-11,16-21,30-34,38,43-45,51-52,56-57H,4,12-15,22-29H2,1-3H3,(H2,50,62)(H,53,63)(H,54,64)(H,55,65)/t34-,38?,43-,44?,45-/m0/s1/i32D,33D. The molecule has 0 fully saturated rings. The number of aromatic nitrogens is 2. The van der Waals surface area contributed by atoms with E-state index in [0.29, 0.717) is 19.4 Å². The Morgan fingerprint density at radius 2 is 1.25 bits per heavy atom. The Morgan fingerprint density at radius 3 is 1.86 bits per heavy atom. The van der Waals surface area contributed by atoms with Crippen molar-refractivity contribution >= 4 is 58.1 Å². The molecule has 0 saturated heterocycles. The Bertz CT molecular complexity index is 2410. The molecule has 3 aromatic carbocycles. The molecule has 0 radical (unpaired) electrons. The predicted octanol–water partition coefficient (Wildman–Crippen LogP) is 3.42. The van der Waals surface area contributed by atoms with E-state index in [-0.39, 0.29) is 19.3 Å². The van der Waals surface area contributed by atoms with Gasteiger partial charge in [-0.25, -0.2) is 10.9 Å². The van der Waals surface area contributed by atoms with Gasteiger partial charge >= 0.3 is 0 Å². The molecule has 5 amide bonds. The number of rotatable bonds is 29. The van der Waals surface area contributed by atoms with Crippen LogP contribution in [0, 0.1) is 0 Å². The summed E-state index contributed by atoms with van der Waals surface area (Å²) in [7, 11) is 1.62. The largest absolute Gasteiger partial charge is 0.368 e. The highest BCUT2D eigenvalue weighted by Gasteiger charge is 2.30. The Morgan fingerprint density at radius 1 is 0.677 bits per heavy atom. The Balaban J connectivity index is 1.26. The average molecular weight is 893 g/mol. The minimum atomic E-state index is -1.13. The number of nitrogens with two attached hydrogens (primary N) is 1. The number of fused-ring (bicyclic) bond motifs is 2. The highest BCUT2D eigenvalue weighted by atomic mass is 16.2. The van der Waals surface area contributed by atoms with E-state index < -0.39 is 66.5 Å². The van der Waals surface area contributed by atoms with Crippen molar-refractivity contribution in [2.45, 2.75) is 102 Å². The smallest absolute Gasteiger partial charge is 0.243 e. The van der Waals surface area contributed by atoms with Crippen molar-refractivity contribution in [3.05, 3.63) is 108 Å². The lowest BCUT2D eigenvalue weighted by molar-refractivity contribution is -0.132. The van der Waals surface area contributed by atoms with Crippen LogP contribution >= 0.6 is 0 Å². The second kappa shape index (κ2) is 25.8. The predicted molar refractivity (Wildman–Crippen MR) is 253 cm³/mol. The first-order valence-corrected chi connectivity index (χ1v) is 22.5. The second-order valence-corrected chi connectivity index (χ2v) is 16.6. The zero-order valence-electron chi connectivity index (χ0n) is 39.7. The van der Waals surface area contributed by atoms with Crippen molar-refractivity contribution < 1.29 is 31.5 Å². The number of nitrogens with one attached hydrogen (secondary N) is 7. The number of carbonyl (C=O) groups excluding carboxylic acids is 6. The number of aromatic amines is 2. The molecule has 5 aromatic rings. The molecule has 2 unspecified atom stereocenters. The number of unbranched alkanes of at least 4 members (excludes halogenated alkanes) is 2. The molecule has 16 heteroatoms. The SMILES string of the molecule is [2H]C(=O)C(Cc1c[nH]c2ccccc12)NC(=O)[C@H](C)NN[C@@H](Cc1c[nH]c2ccccc12)C(=O)NC(Cc1ccccc1)C(=O)N[C@@H](CCCCN(CCC)CCCCN(C)C([2H])=O)C(N)=O. The molecular weight excluding hydrogens is 825 g/mol. The molecule has 2 heterocycles. The summed E-state index contributed by atoms with van der Waals surface area (Å²) in [5.41, 5.74) is 15.8. The van der Waals surface area contributed by atoms with E-state index in [0.717, 1.165) is 83.8 Å². The van der Waals surface area contributed by atoms with Gasteiger partial charge in [0.25, 0.3) is 0 Å². The number of H-pyrrole nitrogens is 2. The van der Waals surface area contributed by atoms with Crippen molar-refractivity contribution in [3.63, 3.8) is 0 Å². The summed E-state index contributed by atoms with van der Waals surface area (Å²) in [4.78, 5) is 88.7. The zero-order valence-corrected chi connectivity index (χ0v) is 37.7. The maximum atomic E-state index is 14.5. The van der Waals surface area contributed by atoms with Crippen LogP contribution in [0.15, 0.2) is 91.3 Å². The van der Waals surface area contributed by atoms with E-state index in [1.807, 2.05) is 78.9 Å². The number of primary amides is 1. The zero-order chi connectivity index (χ0) is 48.3. The number of carbonyl (C=O) groups is 6. The number of para-hydroxylation sites is 2. The molecule has 9 N–H and O–H groups in total. The maximum absolute atomic E-state index is 14.5. The molecule has 65 heavy (non-hydrogen) atoms. The highest BCUT2D eigenvalue weighted by Crippen LogP contribution is 2.21. The number of hydrogen-bond acceptors (Lipinski definition) is 9. The lowest BCUT2D eigenvalue weighted by atomic mass is 10.0. The number of hydrogen-bond donors (Lipinski definition) is 8. The fourth-order valence-electron chi connectivity index (χ4n) is 7.91. The number of amides is 5. The van der Waals surface area contributed by atoms with Crippen LogP contribution in [0.3, 0.4) is 0 Å². The van der Waals surface area contributed by atoms with Crippen molar-refractivity contribution in [2.24, 2.45) is 5.73 Å². The van der Waals surface area contributed by atoms with Crippen LogP contribution in [-0.2, 0) is 48.0 Å². The Labute approximate surface area is 384 Å². The molecule has 2 aromatic heterocycles. The molecule has 0 saturated carbocycles. The number of hydrazine groups is 1. The first-order valence-electron chi connectivity index (χ1n) is 23.5. The molecule has 5 rings (SSSR count). The van der Waals surface area contributed by atoms with Gasteiger partial charge < -0.3 is 46.2 Å². The van der Waals surface area contributed by atoms with Gasteiger partial charge in [-0.05, 0) is 93.9 Å². The lowest BCUT2D eigenvalue weighted by Gasteiger charge is -2.26. The summed E-state index contributed by atoms with van der Waals surface area (Å²) in [6.45, 7) is 6.69. The van der Waals surface area contributed by atoms with Crippen LogP contribution in [0.4, 0.5) is 0 Å². The number of benzene rings is 3. The van der Waals surface area contributed by atoms with E-state index in [9.17, 15) is 28.8 Å². The van der Waals surface area contributed by atoms with Crippen LogP contribution < -0.4 is 32.5 Å². The van der Waals surface area contributed by atoms with Gasteiger partial charge in [0.1, 0.15) is 27.1 Å². The molecule has 0 bridgehead atoms. The fourth-order valence-corrected chi connectivity index (χ4v) is 7.91. The van der Waals surface area contributed by atoms with E-state index in [1.165, 1.54) is 4.90 Å². The molecule has 0 aliphatic heterocycles. The van der Waals surface area contributed by atoms with Crippen molar-refractivity contribution in [2.75, 3.05) is 33.2 Å². The summed E-state index contributed by atoms with van der Waals surface area (Å²) < 4.78 is 15.1. The lowest BCUT2D eigenvalue weighted by Crippen LogP contribution is -2.60. The average Bonchev–Trinajstić information content (AvgIpc) is 3.93. The number of nitrogens with zero attached hydrogens (tertiary/aromatic N) is 2. The molecule has 0 aliphatic rings. The summed E-state index contributed by atoms with van der Waals surface area (Å²) in [5.74, 6) is -2.42. The van der Waals surface area contributed by atoms with E-state index >= 15 is 0 Å².